The van der Waals surface area contributed by atoms with Gasteiger partial charge in [-0.05, 0) is 30.7 Å². The average molecular weight is 356 g/mol. The number of nitrogens with zero attached hydrogens (tertiary/aromatic N) is 1. The molecular formula is C19H20N2O5. The third-order valence-electron chi connectivity index (χ3n) is 3.66. The van der Waals surface area contributed by atoms with Crippen LogP contribution in [0.2, 0.25) is 0 Å². The van der Waals surface area contributed by atoms with Crippen molar-refractivity contribution in [3.63, 3.8) is 0 Å². The quantitative estimate of drug-likeness (QED) is 0.331. The number of amides is 1. The molecule has 0 bridgehead atoms. The minimum Gasteiger partial charge on any atom is -0.462 e. The molecule has 0 aliphatic rings. The van der Waals surface area contributed by atoms with Crippen molar-refractivity contribution in [1.82, 2.24) is 0 Å². The Morgan fingerprint density at radius 2 is 1.81 bits per heavy atom. The summed E-state index contributed by atoms with van der Waals surface area (Å²) in [7, 11) is 0. The second-order valence-corrected chi connectivity index (χ2v) is 5.69. The van der Waals surface area contributed by atoms with Crippen LogP contribution >= 0.6 is 0 Å². The molecule has 136 valence electrons. The van der Waals surface area contributed by atoms with E-state index in [9.17, 15) is 19.7 Å². The van der Waals surface area contributed by atoms with Gasteiger partial charge in [-0.3, -0.25) is 14.9 Å². The second-order valence-electron chi connectivity index (χ2n) is 5.69. The number of anilines is 1. The maximum atomic E-state index is 12.3. The fourth-order valence-electron chi connectivity index (χ4n) is 2.29. The number of ether oxygens (including phenoxy) is 1. The third-order valence-corrected chi connectivity index (χ3v) is 3.66. The molecule has 7 nitrogen and oxygen atoms in total. The first-order valence-corrected chi connectivity index (χ1v) is 8.34. The summed E-state index contributed by atoms with van der Waals surface area (Å²) in [4.78, 5) is 34.5. The van der Waals surface area contributed by atoms with Gasteiger partial charge in [0.05, 0.1) is 17.1 Å². The van der Waals surface area contributed by atoms with Crippen LogP contribution < -0.4 is 5.32 Å². The number of hydrogen-bond donors (Lipinski definition) is 1. The molecule has 1 amide bonds. The number of carbonyl (C=O) groups is 2. The number of nitrogens with one attached hydrogen (secondary N) is 1. The lowest BCUT2D eigenvalue weighted by Gasteiger charge is -2.08. The van der Waals surface area contributed by atoms with E-state index in [4.69, 9.17) is 4.74 Å². The first-order chi connectivity index (χ1) is 12.5. The molecule has 0 radical (unpaired) electrons. The minimum absolute atomic E-state index is 0.159. The Hall–Kier alpha value is -3.22. The zero-order valence-electron chi connectivity index (χ0n) is 14.4. The van der Waals surface area contributed by atoms with Crippen molar-refractivity contribution in [2.24, 2.45) is 0 Å². The van der Waals surface area contributed by atoms with Crippen LogP contribution in [0.15, 0.2) is 48.5 Å². The highest BCUT2D eigenvalue weighted by Crippen LogP contribution is 2.16. The van der Waals surface area contributed by atoms with Crippen molar-refractivity contribution >= 4 is 23.3 Å². The molecule has 2 aromatic rings. The van der Waals surface area contributed by atoms with Crippen molar-refractivity contribution in [3.05, 3.63) is 69.8 Å². The highest BCUT2D eigenvalue weighted by molar-refractivity contribution is 6.05. The Labute approximate surface area is 151 Å². The fraction of sp³-hybridized carbons (Fsp3) is 0.263. The lowest BCUT2D eigenvalue weighted by atomic mass is 10.1. The Morgan fingerprint density at radius 3 is 2.54 bits per heavy atom. The number of benzene rings is 2. The van der Waals surface area contributed by atoms with E-state index in [0.717, 1.165) is 19.3 Å². The average Bonchev–Trinajstić information content (AvgIpc) is 2.65. The number of nitro groups is 1. The van der Waals surface area contributed by atoms with Crippen LogP contribution in [0.4, 0.5) is 11.4 Å². The van der Waals surface area contributed by atoms with Crippen molar-refractivity contribution in [1.29, 1.82) is 0 Å². The van der Waals surface area contributed by atoms with E-state index in [1.165, 1.54) is 30.3 Å². The van der Waals surface area contributed by atoms with Gasteiger partial charge in [0.1, 0.15) is 0 Å². The molecule has 0 aliphatic carbocycles. The van der Waals surface area contributed by atoms with Crippen LogP contribution in [0.5, 0.6) is 0 Å². The molecule has 0 saturated heterocycles. The highest BCUT2D eigenvalue weighted by atomic mass is 16.6. The van der Waals surface area contributed by atoms with E-state index in [1.807, 2.05) is 0 Å². The number of non-ortho nitro benzene ring substituents is 1. The molecule has 2 aromatic carbocycles. The van der Waals surface area contributed by atoms with Gasteiger partial charge < -0.3 is 10.1 Å². The topological polar surface area (TPSA) is 98.5 Å². The smallest absolute Gasteiger partial charge is 0.338 e. The van der Waals surface area contributed by atoms with Gasteiger partial charge in [-0.2, -0.15) is 0 Å². The van der Waals surface area contributed by atoms with Crippen molar-refractivity contribution < 1.29 is 19.2 Å². The lowest BCUT2D eigenvalue weighted by Crippen LogP contribution is -2.13. The first kappa shape index (κ1) is 19.1. The van der Waals surface area contributed by atoms with Gasteiger partial charge in [-0.25, -0.2) is 4.79 Å². The van der Waals surface area contributed by atoms with E-state index >= 15 is 0 Å². The SMILES string of the molecule is CCCCCOC(=O)c1cccc(NC(=O)c2cccc([N+](=O)[O-])c2)c1. The zero-order chi connectivity index (χ0) is 18.9. The lowest BCUT2D eigenvalue weighted by molar-refractivity contribution is -0.384. The largest absolute Gasteiger partial charge is 0.462 e. The molecule has 0 saturated carbocycles. The van der Waals surface area contributed by atoms with Crippen LogP contribution in [0, 0.1) is 10.1 Å². The molecule has 0 aromatic heterocycles. The summed E-state index contributed by atoms with van der Waals surface area (Å²) < 4.78 is 5.19. The van der Waals surface area contributed by atoms with E-state index in [0.29, 0.717) is 17.9 Å². The molecule has 26 heavy (non-hydrogen) atoms. The number of hydrogen-bond acceptors (Lipinski definition) is 5. The minimum atomic E-state index is -0.564. The summed E-state index contributed by atoms with van der Waals surface area (Å²) in [6.07, 6.45) is 2.84. The molecule has 0 fully saturated rings. The zero-order valence-corrected chi connectivity index (χ0v) is 14.4. The summed E-state index contributed by atoms with van der Waals surface area (Å²) in [6, 6.07) is 11.8. The molecule has 7 heteroatoms. The molecule has 0 unspecified atom stereocenters. The second kappa shape index (κ2) is 9.31. The number of unbranched alkanes of at least 4 members (excludes halogenated alkanes) is 2. The number of carbonyl (C=O) groups excluding carboxylic acids is 2. The van der Waals surface area contributed by atoms with Gasteiger partial charge in [0.25, 0.3) is 11.6 Å². The summed E-state index contributed by atoms with van der Waals surface area (Å²) in [5.41, 5.74) is 0.733. The normalized spacial score (nSPS) is 10.2. The standard InChI is InChI=1S/C19H20N2O5/c1-2-3-4-11-26-19(23)15-8-5-9-16(12-15)20-18(22)14-7-6-10-17(13-14)21(24)25/h5-10,12-13H,2-4,11H2,1H3,(H,20,22). The van der Waals surface area contributed by atoms with E-state index in [2.05, 4.69) is 12.2 Å². The van der Waals surface area contributed by atoms with Gasteiger partial charge >= 0.3 is 5.97 Å². The Kier molecular flexibility index (Phi) is 6.84. The Balaban J connectivity index is 2.03. The summed E-state index contributed by atoms with van der Waals surface area (Å²) in [5.74, 6) is -0.949. The van der Waals surface area contributed by atoms with E-state index < -0.39 is 16.8 Å². The predicted octanol–water partition coefficient (Wildman–Crippen LogP) is 4.19. The molecule has 1 N–H and O–H groups in total. The van der Waals surface area contributed by atoms with E-state index in [1.54, 1.807) is 18.2 Å². The van der Waals surface area contributed by atoms with Gasteiger partial charge in [0.15, 0.2) is 0 Å². The summed E-state index contributed by atoms with van der Waals surface area (Å²) in [5, 5.41) is 13.4. The summed E-state index contributed by atoms with van der Waals surface area (Å²) in [6.45, 7) is 2.42. The van der Waals surface area contributed by atoms with Gasteiger partial charge in [0, 0.05) is 23.4 Å². The van der Waals surface area contributed by atoms with Crippen LogP contribution in [-0.4, -0.2) is 23.4 Å². The number of esters is 1. The number of nitro benzene ring substituents is 1. The van der Waals surface area contributed by atoms with Crippen molar-refractivity contribution in [2.45, 2.75) is 26.2 Å². The van der Waals surface area contributed by atoms with Crippen molar-refractivity contribution in [3.8, 4) is 0 Å². The molecule has 0 atom stereocenters. The Morgan fingerprint density at radius 1 is 1.08 bits per heavy atom. The molecular weight excluding hydrogens is 336 g/mol. The number of rotatable bonds is 8. The van der Waals surface area contributed by atoms with Gasteiger partial charge in [0.2, 0.25) is 0 Å². The van der Waals surface area contributed by atoms with E-state index in [-0.39, 0.29) is 11.3 Å². The first-order valence-electron chi connectivity index (χ1n) is 8.34. The molecule has 2 rings (SSSR count). The molecule has 0 aliphatic heterocycles. The maximum absolute atomic E-state index is 12.3. The molecule has 0 spiro atoms. The third kappa shape index (κ3) is 5.41. The van der Waals surface area contributed by atoms with Crippen LogP contribution in [0.3, 0.4) is 0 Å². The van der Waals surface area contributed by atoms with Crippen LogP contribution in [0.25, 0.3) is 0 Å². The fourth-order valence-corrected chi connectivity index (χ4v) is 2.29. The Bertz CT molecular complexity index is 804. The van der Waals surface area contributed by atoms with Crippen LogP contribution in [-0.2, 0) is 4.74 Å². The maximum Gasteiger partial charge on any atom is 0.338 e. The predicted molar refractivity (Wildman–Crippen MR) is 97.3 cm³/mol. The monoisotopic (exact) mass is 356 g/mol. The van der Waals surface area contributed by atoms with Crippen molar-refractivity contribution in [2.75, 3.05) is 11.9 Å². The van der Waals surface area contributed by atoms with Gasteiger partial charge in [-0.1, -0.05) is 31.9 Å². The van der Waals surface area contributed by atoms with Gasteiger partial charge in [-0.15, -0.1) is 0 Å². The molecule has 0 heterocycles. The van der Waals surface area contributed by atoms with Crippen LogP contribution in [0.1, 0.15) is 46.9 Å². The highest BCUT2D eigenvalue weighted by Gasteiger charge is 2.13. The summed E-state index contributed by atoms with van der Waals surface area (Å²) >= 11 is 0.